The van der Waals surface area contributed by atoms with Crippen LogP contribution in [0.1, 0.15) is 25.3 Å². The molecule has 2 aliphatic rings. The molecule has 1 unspecified atom stereocenters. The third-order valence-corrected chi connectivity index (χ3v) is 7.66. The van der Waals surface area contributed by atoms with E-state index in [0.717, 1.165) is 27.9 Å². The van der Waals surface area contributed by atoms with Gasteiger partial charge in [0, 0.05) is 35.8 Å². The van der Waals surface area contributed by atoms with E-state index in [0.29, 0.717) is 55.5 Å². The molecule has 0 spiro atoms. The summed E-state index contributed by atoms with van der Waals surface area (Å²) in [7, 11) is 1.58. The van der Waals surface area contributed by atoms with Gasteiger partial charge in [-0.15, -0.1) is 11.8 Å². The highest BCUT2D eigenvalue weighted by molar-refractivity contribution is 8.00. The van der Waals surface area contributed by atoms with E-state index >= 15 is 0 Å². The molecule has 3 aromatic rings. The predicted molar refractivity (Wildman–Crippen MR) is 145 cm³/mol. The van der Waals surface area contributed by atoms with Gasteiger partial charge in [-0.2, -0.15) is 0 Å². The summed E-state index contributed by atoms with van der Waals surface area (Å²) in [6.07, 6.45) is 2.64. The molecule has 1 aromatic carbocycles. The van der Waals surface area contributed by atoms with Crippen LogP contribution in [0.4, 0.5) is 16.2 Å². The van der Waals surface area contributed by atoms with Gasteiger partial charge in [-0.25, -0.2) is 9.78 Å². The Bertz CT molecular complexity index is 1380. The van der Waals surface area contributed by atoms with Crippen molar-refractivity contribution in [3.05, 3.63) is 48.2 Å². The molecular formula is C27H29N5O5S. The van der Waals surface area contributed by atoms with Crippen LogP contribution >= 0.6 is 11.8 Å². The van der Waals surface area contributed by atoms with E-state index in [1.165, 1.54) is 11.8 Å². The molecule has 1 fully saturated rings. The minimum atomic E-state index is -0.461. The molecule has 11 heteroatoms. The second kappa shape index (κ2) is 11.3. The fourth-order valence-electron chi connectivity index (χ4n) is 4.69. The molecule has 1 atom stereocenters. The van der Waals surface area contributed by atoms with Gasteiger partial charge < -0.3 is 19.7 Å². The van der Waals surface area contributed by atoms with E-state index < -0.39 is 12.2 Å². The fraction of sp³-hybridized carbons (Fsp3) is 0.370. The van der Waals surface area contributed by atoms with Crippen molar-refractivity contribution in [3.8, 4) is 5.88 Å². The number of methoxy groups -OCH3 is 1. The van der Waals surface area contributed by atoms with E-state index in [1.807, 2.05) is 31.2 Å². The van der Waals surface area contributed by atoms with Gasteiger partial charge in [-0.3, -0.25) is 19.5 Å². The summed E-state index contributed by atoms with van der Waals surface area (Å²) >= 11 is 1.47. The molecule has 10 nitrogen and oxygen atoms in total. The molecule has 0 bridgehead atoms. The summed E-state index contributed by atoms with van der Waals surface area (Å²) in [6.45, 7) is 2.99. The van der Waals surface area contributed by atoms with Crippen LogP contribution in [-0.2, 0) is 20.7 Å². The van der Waals surface area contributed by atoms with Crippen LogP contribution < -0.4 is 15.0 Å². The Morgan fingerprint density at radius 1 is 1.26 bits per heavy atom. The summed E-state index contributed by atoms with van der Waals surface area (Å²) in [5.41, 5.74) is 3.97. The zero-order chi connectivity index (χ0) is 26.6. The molecule has 5 rings (SSSR count). The first-order valence-electron chi connectivity index (χ1n) is 12.6. The predicted octanol–water partition coefficient (Wildman–Crippen LogP) is 3.88. The first-order chi connectivity index (χ1) is 18.4. The lowest BCUT2D eigenvalue weighted by Gasteiger charge is -2.25. The number of rotatable bonds is 9. The first-order valence-corrected chi connectivity index (χ1v) is 13.5. The van der Waals surface area contributed by atoms with Crippen LogP contribution in [0.5, 0.6) is 5.88 Å². The summed E-state index contributed by atoms with van der Waals surface area (Å²) < 4.78 is 10.9. The first kappa shape index (κ1) is 25.8. The topological polar surface area (TPSA) is 114 Å². The number of carbonyl (C=O) groups excluding carboxylic acids is 3. The molecule has 2 aliphatic heterocycles. The number of aromatic nitrogens is 2. The van der Waals surface area contributed by atoms with Gasteiger partial charge in [0.1, 0.15) is 6.10 Å². The van der Waals surface area contributed by atoms with Gasteiger partial charge in [-0.05, 0) is 48.7 Å². The van der Waals surface area contributed by atoms with Crippen LogP contribution in [0.15, 0.2) is 47.5 Å². The third kappa shape index (κ3) is 5.52. The number of aryl methyl sites for hydroxylation is 1. The number of hydrogen-bond donors (Lipinski definition) is 1. The van der Waals surface area contributed by atoms with Crippen molar-refractivity contribution >= 4 is 52.1 Å². The number of nitrogens with zero attached hydrogens (tertiary/aromatic N) is 4. The van der Waals surface area contributed by atoms with Crippen molar-refractivity contribution in [2.45, 2.75) is 37.2 Å². The van der Waals surface area contributed by atoms with Gasteiger partial charge in [0.05, 0.1) is 42.7 Å². The van der Waals surface area contributed by atoms with Gasteiger partial charge in [0.2, 0.25) is 17.7 Å². The monoisotopic (exact) mass is 535 g/mol. The lowest BCUT2D eigenvalue weighted by atomic mass is 10.1. The Morgan fingerprint density at radius 2 is 2.13 bits per heavy atom. The number of amides is 3. The molecule has 2 aromatic heterocycles. The van der Waals surface area contributed by atoms with Crippen molar-refractivity contribution < 1.29 is 23.9 Å². The van der Waals surface area contributed by atoms with Gasteiger partial charge in [-0.1, -0.05) is 6.92 Å². The molecule has 198 valence electrons. The number of nitrogens with one attached hydrogen (secondary N) is 1. The Balaban J connectivity index is 1.23. The Kier molecular flexibility index (Phi) is 7.64. The average Bonchev–Trinajstić information content (AvgIpc) is 3.31. The van der Waals surface area contributed by atoms with E-state index in [4.69, 9.17) is 9.47 Å². The van der Waals surface area contributed by atoms with Crippen LogP contribution in [0.2, 0.25) is 0 Å². The Labute approximate surface area is 224 Å². The summed E-state index contributed by atoms with van der Waals surface area (Å²) in [5.74, 6) is 0.850. The zero-order valence-corrected chi connectivity index (χ0v) is 22.1. The lowest BCUT2D eigenvalue weighted by molar-refractivity contribution is -0.132. The maximum Gasteiger partial charge on any atom is 0.414 e. The molecule has 1 saturated heterocycles. The summed E-state index contributed by atoms with van der Waals surface area (Å²) in [4.78, 5) is 50.4. The van der Waals surface area contributed by atoms with E-state index in [1.54, 1.807) is 35.2 Å². The molecule has 38 heavy (non-hydrogen) atoms. The summed E-state index contributed by atoms with van der Waals surface area (Å²) in [6, 6.07) is 11.1. The lowest BCUT2D eigenvalue weighted by Crippen LogP contribution is -2.39. The fourth-order valence-corrected chi connectivity index (χ4v) is 5.48. The van der Waals surface area contributed by atoms with Gasteiger partial charge >= 0.3 is 6.09 Å². The standard InChI is InChI=1S/C27H29N5O5S/c1-3-25(34)31(12-4-5-17-10-11-28-20-7-9-24(36-2)30-26(17)20)14-19-15-32(27(35)37-19)18-6-8-22-21(13-18)29-23(33)16-38-22/h6-11,13,19H,3-5,12,14-16H2,1-2H3,(H,29,33). The minimum absolute atomic E-state index is 0.00685. The van der Waals surface area contributed by atoms with Crippen molar-refractivity contribution in [2.75, 3.05) is 42.7 Å². The van der Waals surface area contributed by atoms with E-state index in [9.17, 15) is 14.4 Å². The Morgan fingerprint density at radius 3 is 2.95 bits per heavy atom. The number of carbonyl (C=O) groups is 3. The normalized spacial score (nSPS) is 16.7. The number of thioether (sulfide) groups is 1. The number of anilines is 2. The van der Waals surface area contributed by atoms with Gasteiger partial charge in [0.15, 0.2) is 0 Å². The number of hydrogen-bond acceptors (Lipinski definition) is 8. The molecule has 3 amide bonds. The van der Waals surface area contributed by atoms with Crippen molar-refractivity contribution in [1.82, 2.24) is 14.9 Å². The quantitative estimate of drug-likeness (QED) is 0.439. The van der Waals surface area contributed by atoms with Crippen molar-refractivity contribution in [2.24, 2.45) is 0 Å². The van der Waals surface area contributed by atoms with Crippen LogP contribution in [0.25, 0.3) is 11.0 Å². The highest BCUT2D eigenvalue weighted by Crippen LogP contribution is 2.35. The largest absolute Gasteiger partial charge is 0.481 e. The van der Waals surface area contributed by atoms with Crippen molar-refractivity contribution in [3.63, 3.8) is 0 Å². The molecule has 0 saturated carbocycles. The Hall–Kier alpha value is -3.86. The molecule has 4 heterocycles. The molecule has 0 radical (unpaired) electrons. The van der Waals surface area contributed by atoms with Crippen LogP contribution in [0.3, 0.4) is 0 Å². The minimum Gasteiger partial charge on any atom is -0.481 e. The highest BCUT2D eigenvalue weighted by atomic mass is 32.2. The highest BCUT2D eigenvalue weighted by Gasteiger charge is 2.34. The SMILES string of the molecule is CCC(=O)N(CCCc1ccnc2ccc(OC)nc12)CC1CN(c2ccc3c(c2)NC(=O)CS3)C(=O)O1. The average molecular weight is 536 g/mol. The number of fused-ring (bicyclic) bond motifs is 2. The number of benzene rings is 1. The summed E-state index contributed by atoms with van der Waals surface area (Å²) in [5, 5.41) is 2.85. The number of cyclic esters (lactones) is 1. The van der Waals surface area contributed by atoms with Crippen LogP contribution in [0, 0.1) is 0 Å². The third-order valence-electron chi connectivity index (χ3n) is 6.59. The second-order valence-electron chi connectivity index (χ2n) is 9.12. The molecule has 1 N–H and O–H groups in total. The second-order valence-corrected chi connectivity index (χ2v) is 10.1. The number of ether oxygens (including phenoxy) is 2. The zero-order valence-electron chi connectivity index (χ0n) is 21.3. The van der Waals surface area contributed by atoms with Crippen molar-refractivity contribution in [1.29, 1.82) is 0 Å². The van der Waals surface area contributed by atoms with E-state index in [-0.39, 0.29) is 11.8 Å². The number of pyridine rings is 2. The maximum atomic E-state index is 12.8. The van der Waals surface area contributed by atoms with Gasteiger partial charge in [0.25, 0.3) is 0 Å². The van der Waals surface area contributed by atoms with E-state index in [2.05, 4.69) is 15.3 Å². The maximum absolute atomic E-state index is 12.8. The smallest absolute Gasteiger partial charge is 0.414 e. The van der Waals surface area contributed by atoms with Crippen LogP contribution in [-0.4, -0.2) is 71.4 Å². The molecular weight excluding hydrogens is 506 g/mol. The molecule has 0 aliphatic carbocycles.